The van der Waals surface area contributed by atoms with Gasteiger partial charge in [-0.05, 0) is 43.2 Å². The molecule has 0 saturated carbocycles. The zero-order valence-electron chi connectivity index (χ0n) is 10.7. The van der Waals surface area contributed by atoms with E-state index in [4.69, 9.17) is 16.3 Å². The third kappa shape index (κ3) is 2.46. The first-order valence-electron chi connectivity index (χ1n) is 5.69. The molecule has 1 aromatic heterocycles. The Morgan fingerprint density at radius 3 is 2.67 bits per heavy atom. The lowest BCUT2D eigenvalue weighted by molar-refractivity contribution is 0.411. The number of aromatic nitrogens is 2. The molecule has 0 fully saturated rings. The maximum atomic E-state index is 5.76. The summed E-state index contributed by atoms with van der Waals surface area (Å²) in [6.45, 7) is 4.06. The lowest BCUT2D eigenvalue weighted by Gasteiger charge is -2.11. The van der Waals surface area contributed by atoms with Crippen LogP contribution in [0, 0.1) is 13.8 Å². The lowest BCUT2D eigenvalue weighted by atomic mass is 10.0. The standard InChI is InChI=1S/C14H15ClN2O/c1-9-7-13(18-3)10(2)6-11(9)12-4-5-16-14(8-15)17-12/h4-7H,8H2,1-3H3. The second-order valence-electron chi connectivity index (χ2n) is 4.13. The van der Waals surface area contributed by atoms with Crippen LogP contribution in [0.5, 0.6) is 5.75 Å². The quantitative estimate of drug-likeness (QED) is 0.794. The highest BCUT2D eigenvalue weighted by Gasteiger charge is 2.08. The number of nitrogens with zero attached hydrogens (tertiary/aromatic N) is 2. The zero-order chi connectivity index (χ0) is 13.1. The Hall–Kier alpha value is -1.61. The topological polar surface area (TPSA) is 35.0 Å². The Morgan fingerprint density at radius 2 is 2.00 bits per heavy atom. The fourth-order valence-electron chi connectivity index (χ4n) is 1.90. The third-order valence-corrected chi connectivity index (χ3v) is 3.08. The van der Waals surface area contributed by atoms with E-state index < -0.39 is 0 Å². The average Bonchev–Trinajstić information content (AvgIpc) is 2.41. The van der Waals surface area contributed by atoms with E-state index >= 15 is 0 Å². The van der Waals surface area contributed by atoms with Crippen molar-refractivity contribution in [1.82, 2.24) is 9.97 Å². The summed E-state index contributed by atoms with van der Waals surface area (Å²) in [4.78, 5) is 8.54. The van der Waals surface area contributed by atoms with E-state index in [0.717, 1.165) is 28.1 Å². The smallest absolute Gasteiger partial charge is 0.143 e. The van der Waals surface area contributed by atoms with E-state index in [9.17, 15) is 0 Å². The van der Waals surface area contributed by atoms with E-state index in [0.29, 0.717) is 11.7 Å². The molecule has 0 spiro atoms. The van der Waals surface area contributed by atoms with Crippen LogP contribution in [0.4, 0.5) is 0 Å². The Balaban J connectivity index is 2.53. The Bertz CT molecular complexity index is 570. The molecule has 94 valence electrons. The molecule has 0 bridgehead atoms. The molecule has 2 rings (SSSR count). The second kappa shape index (κ2) is 5.36. The summed E-state index contributed by atoms with van der Waals surface area (Å²) in [6.07, 6.45) is 1.74. The molecule has 0 aliphatic carbocycles. The minimum atomic E-state index is 0.321. The molecule has 0 saturated heterocycles. The molecule has 0 aliphatic heterocycles. The predicted molar refractivity (Wildman–Crippen MR) is 73.1 cm³/mol. The first kappa shape index (κ1) is 12.8. The highest BCUT2D eigenvalue weighted by atomic mass is 35.5. The molecule has 0 atom stereocenters. The van der Waals surface area contributed by atoms with Crippen LogP contribution in [0.25, 0.3) is 11.3 Å². The zero-order valence-corrected chi connectivity index (χ0v) is 11.5. The van der Waals surface area contributed by atoms with Crippen molar-refractivity contribution >= 4 is 11.6 Å². The molecule has 0 amide bonds. The minimum absolute atomic E-state index is 0.321. The van der Waals surface area contributed by atoms with Crippen LogP contribution in [0.3, 0.4) is 0 Å². The van der Waals surface area contributed by atoms with Gasteiger partial charge in [0.05, 0.1) is 18.7 Å². The van der Waals surface area contributed by atoms with Gasteiger partial charge in [0, 0.05) is 11.8 Å². The van der Waals surface area contributed by atoms with Crippen LogP contribution in [-0.2, 0) is 5.88 Å². The number of hydrogen-bond donors (Lipinski definition) is 0. The Morgan fingerprint density at radius 1 is 1.22 bits per heavy atom. The van der Waals surface area contributed by atoms with Gasteiger partial charge in [0.25, 0.3) is 0 Å². The third-order valence-electron chi connectivity index (χ3n) is 2.84. The number of halogens is 1. The summed E-state index contributed by atoms with van der Waals surface area (Å²) in [7, 11) is 1.68. The number of hydrogen-bond acceptors (Lipinski definition) is 3. The number of aryl methyl sites for hydroxylation is 2. The van der Waals surface area contributed by atoms with Crippen LogP contribution >= 0.6 is 11.6 Å². The van der Waals surface area contributed by atoms with Crippen molar-refractivity contribution in [3.63, 3.8) is 0 Å². The van der Waals surface area contributed by atoms with Gasteiger partial charge in [-0.25, -0.2) is 9.97 Å². The van der Waals surface area contributed by atoms with Gasteiger partial charge in [-0.3, -0.25) is 0 Å². The largest absolute Gasteiger partial charge is 0.496 e. The number of alkyl halides is 1. The summed E-state index contributed by atoms with van der Waals surface area (Å²) >= 11 is 5.76. The molecule has 2 aromatic rings. The van der Waals surface area contributed by atoms with E-state index in [1.54, 1.807) is 13.3 Å². The fraction of sp³-hybridized carbons (Fsp3) is 0.286. The van der Waals surface area contributed by atoms with Gasteiger partial charge in [0.15, 0.2) is 0 Å². The molecule has 0 radical (unpaired) electrons. The molecule has 1 heterocycles. The normalized spacial score (nSPS) is 10.4. The van der Waals surface area contributed by atoms with Crippen molar-refractivity contribution < 1.29 is 4.74 Å². The predicted octanol–water partition coefficient (Wildman–Crippen LogP) is 3.51. The van der Waals surface area contributed by atoms with Crippen molar-refractivity contribution in [2.24, 2.45) is 0 Å². The monoisotopic (exact) mass is 262 g/mol. The molecule has 18 heavy (non-hydrogen) atoms. The van der Waals surface area contributed by atoms with Crippen molar-refractivity contribution in [1.29, 1.82) is 0 Å². The van der Waals surface area contributed by atoms with Crippen molar-refractivity contribution in [3.05, 3.63) is 41.3 Å². The molecule has 0 N–H and O–H groups in total. The fourth-order valence-corrected chi connectivity index (χ4v) is 2.03. The van der Waals surface area contributed by atoms with Crippen LogP contribution in [0.15, 0.2) is 24.4 Å². The summed E-state index contributed by atoms with van der Waals surface area (Å²) in [5.41, 5.74) is 4.19. The molecule has 1 aromatic carbocycles. The number of rotatable bonds is 3. The van der Waals surface area contributed by atoms with E-state index in [1.807, 2.05) is 26.0 Å². The number of benzene rings is 1. The lowest BCUT2D eigenvalue weighted by Crippen LogP contribution is -1.96. The van der Waals surface area contributed by atoms with Gasteiger partial charge in [0.1, 0.15) is 11.6 Å². The van der Waals surface area contributed by atoms with Gasteiger partial charge in [-0.15, -0.1) is 11.6 Å². The van der Waals surface area contributed by atoms with E-state index in [1.165, 1.54) is 0 Å². The SMILES string of the molecule is COc1cc(C)c(-c2ccnc(CCl)n2)cc1C. The van der Waals surface area contributed by atoms with Crippen LogP contribution in [0.1, 0.15) is 17.0 Å². The van der Waals surface area contributed by atoms with Crippen molar-refractivity contribution in [2.45, 2.75) is 19.7 Å². The van der Waals surface area contributed by atoms with Gasteiger partial charge in [-0.1, -0.05) is 0 Å². The highest BCUT2D eigenvalue weighted by Crippen LogP contribution is 2.28. The summed E-state index contributed by atoms with van der Waals surface area (Å²) in [5, 5.41) is 0. The summed E-state index contributed by atoms with van der Waals surface area (Å²) < 4.78 is 5.31. The van der Waals surface area contributed by atoms with Crippen LogP contribution < -0.4 is 4.74 Å². The molecule has 3 nitrogen and oxygen atoms in total. The number of methoxy groups -OCH3 is 1. The first-order valence-corrected chi connectivity index (χ1v) is 6.22. The number of ether oxygens (including phenoxy) is 1. The highest BCUT2D eigenvalue weighted by molar-refractivity contribution is 6.16. The van der Waals surface area contributed by atoms with Crippen LogP contribution in [0.2, 0.25) is 0 Å². The second-order valence-corrected chi connectivity index (χ2v) is 4.40. The Labute approximate surface area is 112 Å². The average molecular weight is 263 g/mol. The van der Waals surface area contributed by atoms with Gasteiger partial charge in [-0.2, -0.15) is 0 Å². The minimum Gasteiger partial charge on any atom is -0.496 e. The Kier molecular flexibility index (Phi) is 3.82. The van der Waals surface area contributed by atoms with E-state index in [2.05, 4.69) is 16.0 Å². The van der Waals surface area contributed by atoms with E-state index in [-0.39, 0.29) is 0 Å². The molecule has 0 unspecified atom stereocenters. The van der Waals surface area contributed by atoms with Gasteiger partial charge >= 0.3 is 0 Å². The molecule has 0 aliphatic rings. The van der Waals surface area contributed by atoms with Gasteiger partial charge < -0.3 is 4.74 Å². The maximum absolute atomic E-state index is 5.76. The summed E-state index contributed by atoms with van der Waals surface area (Å²) in [5.74, 6) is 1.85. The van der Waals surface area contributed by atoms with Gasteiger partial charge in [0.2, 0.25) is 0 Å². The molecular formula is C14H15ClN2O. The van der Waals surface area contributed by atoms with Crippen LogP contribution in [-0.4, -0.2) is 17.1 Å². The summed E-state index contributed by atoms with van der Waals surface area (Å²) in [6, 6.07) is 5.99. The molecular weight excluding hydrogens is 248 g/mol. The van der Waals surface area contributed by atoms with Crippen molar-refractivity contribution in [2.75, 3.05) is 7.11 Å². The van der Waals surface area contributed by atoms with Crippen molar-refractivity contribution in [3.8, 4) is 17.0 Å². The maximum Gasteiger partial charge on any atom is 0.143 e. The molecule has 4 heteroatoms. The first-order chi connectivity index (χ1) is 8.65.